The Labute approximate surface area is 140 Å². The molecule has 2 aromatic carbocycles. The zero-order chi connectivity index (χ0) is 16.7. The molecule has 1 atom stereocenters. The first-order valence-corrected chi connectivity index (χ1v) is 8.37. The maximum atomic E-state index is 15.6. The molecule has 1 aliphatic carbocycles. The lowest BCUT2D eigenvalue weighted by molar-refractivity contribution is 0.0715. The fourth-order valence-electron chi connectivity index (χ4n) is 3.45. The van der Waals surface area contributed by atoms with Crippen LogP contribution < -0.4 is 9.47 Å². The number of carbonyl (C=O) groups is 1. The minimum Gasteiger partial charge on any atom is -0.454 e. The van der Waals surface area contributed by atoms with Crippen molar-refractivity contribution in [2.45, 2.75) is 38.3 Å². The lowest BCUT2D eigenvalue weighted by Crippen LogP contribution is -2.27. The largest absolute Gasteiger partial charge is 0.454 e. The normalized spacial score (nSPS) is 21.2. The van der Waals surface area contributed by atoms with E-state index in [2.05, 4.69) is 6.92 Å². The molecule has 2 aromatic rings. The molecule has 0 radical (unpaired) electrons. The van der Waals surface area contributed by atoms with Crippen molar-refractivity contribution in [3.63, 3.8) is 0 Å². The summed E-state index contributed by atoms with van der Waals surface area (Å²) in [6.45, 7) is 2.29. The molecule has 0 bridgehead atoms. The van der Waals surface area contributed by atoms with Gasteiger partial charge in [-0.3, -0.25) is 4.79 Å². The zero-order valence-corrected chi connectivity index (χ0v) is 13.6. The molecule has 0 N–H and O–H groups in total. The van der Waals surface area contributed by atoms with Gasteiger partial charge in [0.25, 0.3) is 0 Å². The van der Waals surface area contributed by atoms with Crippen molar-refractivity contribution in [3.05, 3.63) is 58.7 Å². The van der Waals surface area contributed by atoms with Crippen LogP contribution in [0, 0.1) is 0 Å². The van der Waals surface area contributed by atoms with Gasteiger partial charge in [0.15, 0.2) is 11.5 Å². The molecule has 2 aliphatic rings. The van der Waals surface area contributed by atoms with Crippen LogP contribution in [0.4, 0.5) is 4.39 Å². The van der Waals surface area contributed by atoms with Gasteiger partial charge in [-0.15, -0.1) is 0 Å². The van der Waals surface area contributed by atoms with Gasteiger partial charge in [-0.25, -0.2) is 4.39 Å². The topological polar surface area (TPSA) is 35.5 Å². The highest BCUT2D eigenvalue weighted by molar-refractivity contribution is 6.07. The number of fused-ring (bicyclic) bond motifs is 2. The van der Waals surface area contributed by atoms with Crippen molar-refractivity contribution < 1.29 is 18.7 Å². The summed E-state index contributed by atoms with van der Waals surface area (Å²) in [5, 5.41) is 0. The van der Waals surface area contributed by atoms with Crippen molar-refractivity contribution in [1.82, 2.24) is 0 Å². The van der Waals surface area contributed by atoms with Crippen molar-refractivity contribution in [2.24, 2.45) is 0 Å². The van der Waals surface area contributed by atoms with E-state index in [1.807, 2.05) is 12.1 Å². The van der Waals surface area contributed by atoms with E-state index < -0.39 is 11.5 Å². The van der Waals surface area contributed by atoms with Gasteiger partial charge < -0.3 is 9.47 Å². The molecule has 124 valence electrons. The summed E-state index contributed by atoms with van der Waals surface area (Å²) in [6.07, 6.45) is 3.26. The number of carbonyl (C=O) groups excluding carboxylic acids is 1. The number of alkyl halides is 1. The molecule has 0 saturated carbocycles. The molecule has 4 heteroatoms. The van der Waals surface area contributed by atoms with Gasteiger partial charge in [0.2, 0.25) is 18.2 Å². The Morgan fingerprint density at radius 3 is 2.54 bits per heavy atom. The Balaban J connectivity index is 1.65. The molecule has 3 nitrogen and oxygen atoms in total. The van der Waals surface area contributed by atoms with Gasteiger partial charge in [-0.1, -0.05) is 37.6 Å². The number of hydrogen-bond donors (Lipinski definition) is 0. The van der Waals surface area contributed by atoms with Gasteiger partial charge in [-0.05, 0) is 41.7 Å². The van der Waals surface area contributed by atoms with Crippen molar-refractivity contribution >= 4 is 5.78 Å². The highest BCUT2D eigenvalue weighted by Crippen LogP contribution is 2.45. The fourth-order valence-corrected chi connectivity index (χ4v) is 3.45. The molecule has 0 amide bonds. The summed E-state index contributed by atoms with van der Waals surface area (Å²) in [6, 6.07) is 10.7. The van der Waals surface area contributed by atoms with Crippen LogP contribution >= 0.6 is 0 Å². The summed E-state index contributed by atoms with van der Waals surface area (Å²) >= 11 is 0. The average molecular weight is 326 g/mol. The van der Waals surface area contributed by atoms with E-state index in [-0.39, 0.29) is 13.2 Å². The standard InChI is InChI=1S/C20H19FO3/c1-2-3-4-13-5-7-15(8-6-13)20(21)11-14-9-17-18(24-12-23-17)10-16(14)19(20)22/h5-10H,2-4,11-12H2,1H3/t20-/m1/s1. The van der Waals surface area contributed by atoms with E-state index in [1.165, 1.54) is 5.56 Å². The monoisotopic (exact) mass is 326 g/mol. The molecule has 1 heterocycles. The van der Waals surface area contributed by atoms with Gasteiger partial charge in [0, 0.05) is 12.0 Å². The second-order valence-electron chi connectivity index (χ2n) is 6.47. The van der Waals surface area contributed by atoms with Crippen LogP contribution in [-0.4, -0.2) is 12.6 Å². The Morgan fingerprint density at radius 1 is 1.12 bits per heavy atom. The molecule has 0 unspecified atom stereocenters. The molecule has 24 heavy (non-hydrogen) atoms. The molecular formula is C20H19FO3. The molecule has 4 rings (SSSR count). The van der Waals surface area contributed by atoms with Gasteiger partial charge in [-0.2, -0.15) is 0 Å². The number of unbranched alkanes of at least 4 members (excludes halogenated alkanes) is 1. The third kappa shape index (κ3) is 2.29. The lowest BCUT2D eigenvalue weighted by atomic mass is 9.90. The summed E-state index contributed by atoms with van der Waals surface area (Å²) in [5.74, 6) is 0.610. The predicted molar refractivity (Wildman–Crippen MR) is 88.4 cm³/mol. The Bertz CT molecular complexity index is 797. The number of ketones is 1. The van der Waals surface area contributed by atoms with Crippen LogP contribution in [0.5, 0.6) is 11.5 Å². The fraction of sp³-hybridized carbons (Fsp3) is 0.350. The zero-order valence-electron chi connectivity index (χ0n) is 13.6. The maximum absolute atomic E-state index is 15.6. The summed E-state index contributed by atoms with van der Waals surface area (Å²) in [7, 11) is 0. The number of hydrogen-bond acceptors (Lipinski definition) is 3. The number of aryl methyl sites for hydroxylation is 1. The summed E-state index contributed by atoms with van der Waals surface area (Å²) in [4.78, 5) is 12.7. The quantitative estimate of drug-likeness (QED) is 0.837. The second kappa shape index (κ2) is 5.62. The Kier molecular flexibility index (Phi) is 3.56. The molecule has 0 saturated heterocycles. The van der Waals surface area contributed by atoms with Crippen LogP contribution in [-0.2, 0) is 18.5 Å². The third-order valence-corrected chi connectivity index (χ3v) is 4.87. The molecule has 0 spiro atoms. The smallest absolute Gasteiger partial charge is 0.231 e. The molecule has 0 fully saturated rings. The number of halogens is 1. The van der Waals surface area contributed by atoms with Crippen molar-refractivity contribution in [2.75, 3.05) is 6.79 Å². The van der Waals surface area contributed by atoms with Crippen molar-refractivity contribution in [3.8, 4) is 11.5 Å². The van der Waals surface area contributed by atoms with E-state index in [4.69, 9.17) is 9.47 Å². The second-order valence-corrected chi connectivity index (χ2v) is 6.47. The highest BCUT2D eigenvalue weighted by atomic mass is 19.1. The molecule has 0 aromatic heterocycles. The minimum atomic E-state index is -2.00. The summed E-state index contributed by atoms with van der Waals surface area (Å²) in [5.41, 5.74) is 0.679. The van der Waals surface area contributed by atoms with Gasteiger partial charge in [0.05, 0.1) is 0 Å². The predicted octanol–water partition coefficient (Wildman–Crippen LogP) is 4.36. The third-order valence-electron chi connectivity index (χ3n) is 4.87. The lowest BCUT2D eigenvalue weighted by Gasteiger charge is -2.18. The van der Waals surface area contributed by atoms with Gasteiger partial charge in [0.1, 0.15) is 0 Å². The SMILES string of the molecule is CCCCc1ccc([C@]2(F)Cc3cc4c(cc3C2=O)OCO4)cc1. The van der Waals surface area contributed by atoms with Crippen molar-refractivity contribution in [1.29, 1.82) is 0 Å². The first-order chi connectivity index (χ1) is 11.6. The van der Waals surface area contributed by atoms with Crippen LogP contribution in [0.1, 0.15) is 46.8 Å². The highest BCUT2D eigenvalue weighted by Gasteiger charge is 2.48. The van der Waals surface area contributed by atoms with E-state index >= 15 is 4.39 Å². The number of Topliss-reactive ketones (excluding diaryl/α,β-unsaturated/α-hetero) is 1. The van der Waals surface area contributed by atoms with Crippen LogP contribution in [0.2, 0.25) is 0 Å². The number of ether oxygens (including phenoxy) is 2. The van der Waals surface area contributed by atoms with E-state index in [9.17, 15) is 4.79 Å². The first kappa shape index (κ1) is 15.2. The number of rotatable bonds is 4. The Morgan fingerprint density at radius 2 is 1.83 bits per heavy atom. The Hall–Kier alpha value is -2.36. The summed E-state index contributed by atoms with van der Waals surface area (Å²) < 4.78 is 26.2. The van der Waals surface area contributed by atoms with E-state index in [0.717, 1.165) is 19.3 Å². The number of benzene rings is 2. The first-order valence-electron chi connectivity index (χ1n) is 8.37. The van der Waals surface area contributed by atoms with Crippen LogP contribution in [0.3, 0.4) is 0 Å². The van der Waals surface area contributed by atoms with Crippen LogP contribution in [0.15, 0.2) is 36.4 Å². The molecular weight excluding hydrogens is 307 g/mol. The van der Waals surface area contributed by atoms with E-state index in [0.29, 0.717) is 28.2 Å². The van der Waals surface area contributed by atoms with Gasteiger partial charge >= 0.3 is 0 Å². The molecule has 1 aliphatic heterocycles. The minimum absolute atomic E-state index is 0.0477. The maximum Gasteiger partial charge on any atom is 0.231 e. The van der Waals surface area contributed by atoms with E-state index in [1.54, 1.807) is 24.3 Å². The van der Waals surface area contributed by atoms with Crippen LogP contribution in [0.25, 0.3) is 0 Å². The average Bonchev–Trinajstić information content (AvgIpc) is 3.15.